The number of halogens is 1. The summed E-state index contributed by atoms with van der Waals surface area (Å²) in [6.07, 6.45) is 3.82. The Morgan fingerprint density at radius 2 is 2.37 bits per heavy atom. The molecule has 0 spiro atoms. The zero-order valence-electron chi connectivity index (χ0n) is 10.6. The Balaban J connectivity index is 2.81. The molecule has 1 N–H and O–H groups in total. The van der Waals surface area contributed by atoms with Crippen molar-refractivity contribution in [1.29, 1.82) is 0 Å². The second kappa shape index (κ2) is 7.30. The highest BCUT2D eigenvalue weighted by molar-refractivity contribution is 7.98. The minimum atomic E-state index is -0.614. The lowest BCUT2D eigenvalue weighted by molar-refractivity contribution is -0.385. The van der Waals surface area contributed by atoms with E-state index >= 15 is 0 Å². The predicted octanol–water partition coefficient (Wildman–Crippen LogP) is 2.51. The molecule has 0 aliphatic heterocycles. The Kier molecular flexibility index (Phi) is 6.04. The largest absolute Gasteiger partial charge is 0.349 e. The van der Waals surface area contributed by atoms with Gasteiger partial charge in [-0.2, -0.15) is 11.8 Å². The fourth-order valence-electron chi connectivity index (χ4n) is 1.36. The highest BCUT2D eigenvalue weighted by Gasteiger charge is 2.18. The third-order valence-electron chi connectivity index (χ3n) is 2.41. The Labute approximate surface area is 120 Å². The molecule has 1 unspecified atom stereocenters. The molecule has 104 valence electrons. The lowest BCUT2D eigenvalue weighted by atomic mass is 10.2. The monoisotopic (exact) mass is 303 g/mol. The van der Waals surface area contributed by atoms with E-state index < -0.39 is 10.8 Å². The van der Waals surface area contributed by atoms with E-state index in [0.29, 0.717) is 0 Å². The first-order valence-electron chi connectivity index (χ1n) is 5.55. The van der Waals surface area contributed by atoms with Crippen LogP contribution in [0.5, 0.6) is 0 Å². The number of nitrogens with one attached hydrogen (secondary N) is 1. The van der Waals surface area contributed by atoms with E-state index in [1.165, 1.54) is 0 Å². The predicted molar refractivity (Wildman–Crippen MR) is 75.8 cm³/mol. The molecule has 1 rings (SSSR count). The summed E-state index contributed by atoms with van der Waals surface area (Å²) in [7, 11) is 0. The number of pyridine rings is 1. The summed E-state index contributed by atoms with van der Waals surface area (Å²) in [5.41, 5.74) is -0.238. The fraction of sp³-hybridized carbons (Fsp3) is 0.455. The number of carbonyl (C=O) groups excluding carboxylic acids is 1. The van der Waals surface area contributed by atoms with Gasteiger partial charge in [0.2, 0.25) is 0 Å². The van der Waals surface area contributed by atoms with Crippen LogP contribution >= 0.6 is 23.4 Å². The lowest BCUT2D eigenvalue weighted by Gasteiger charge is -2.13. The van der Waals surface area contributed by atoms with Crippen molar-refractivity contribution in [1.82, 2.24) is 10.3 Å². The second-order valence-corrected chi connectivity index (χ2v) is 5.29. The number of nitrogens with zero attached hydrogens (tertiary/aromatic N) is 2. The van der Waals surface area contributed by atoms with Crippen LogP contribution in [0.1, 0.15) is 23.7 Å². The minimum Gasteiger partial charge on any atom is -0.349 e. The molecule has 0 saturated carbocycles. The summed E-state index contributed by atoms with van der Waals surface area (Å²) in [6, 6.07) is 1.10. The molecule has 0 saturated heterocycles. The third-order valence-corrected chi connectivity index (χ3v) is 3.36. The van der Waals surface area contributed by atoms with Gasteiger partial charge >= 0.3 is 0 Å². The number of amides is 1. The van der Waals surface area contributed by atoms with Crippen molar-refractivity contribution in [3.05, 3.63) is 33.1 Å². The van der Waals surface area contributed by atoms with E-state index in [1.54, 1.807) is 11.8 Å². The lowest BCUT2D eigenvalue weighted by Crippen LogP contribution is -2.33. The molecule has 1 aromatic heterocycles. The molecule has 0 aliphatic rings. The van der Waals surface area contributed by atoms with Gasteiger partial charge in [-0.3, -0.25) is 14.9 Å². The van der Waals surface area contributed by atoms with Crippen LogP contribution in [-0.2, 0) is 0 Å². The van der Waals surface area contributed by atoms with Crippen LogP contribution in [0.25, 0.3) is 0 Å². The third kappa shape index (κ3) is 4.68. The topological polar surface area (TPSA) is 85.1 Å². The Morgan fingerprint density at radius 3 is 2.95 bits per heavy atom. The van der Waals surface area contributed by atoms with Crippen molar-refractivity contribution in [2.45, 2.75) is 19.4 Å². The number of carbonyl (C=O) groups is 1. The van der Waals surface area contributed by atoms with Crippen LogP contribution in [0.3, 0.4) is 0 Å². The van der Waals surface area contributed by atoms with Gasteiger partial charge in [0.15, 0.2) is 0 Å². The van der Waals surface area contributed by atoms with Crippen LogP contribution in [0, 0.1) is 10.1 Å². The van der Waals surface area contributed by atoms with Gasteiger partial charge in [0.05, 0.1) is 10.5 Å². The zero-order chi connectivity index (χ0) is 14.4. The van der Waals surface area contributed by atoms with E-state index in [4.69, 9.17) is 11.6 Å². The molecular formula is C11H14ClN3O3S. The van der Waals surface area contributed by atoms with Crippen molar-refractivity contribution >= 4 is 35.0 Å². The van der Waals surface area contributed by atoms with Crippen molar-refractivity contribution < 1.29 is 9.72 Å². The van der Waals surface area contributed by atoms with Gasteiger partial charge in [0.1, 0.15) is 11.3 Å². The van der Waals surface area contributed by atoms with E-state index in [-0.39, 0.29) is 22.4 Å². The van der Waals surface area contributed by atoms with Crippen LogP contribution < -0.4 is 5.32 Å². The average molecular weight is 304 g/mol. The summed E-state index contributed by atoms with van der Waals surface area (Å²) in [6.45, 7) is 1.87. The van der Waals surface area contributed by atoms with Gasteiger partial charge in [-0.05, 0) is 25.4 Å². The Bertz CT molecular complexity index is 484. The van der Waals surface area contributed by atoms with E-state index in [9.17, 15) is 14.9 Å². The molecule has 1 atom stereocenters. The molecule has 1 heterocycles. The van der Waals surface area contributed by atoms with Crippen LogP contribution in [-0.4, -0.2) is 33.9 Å². The molecule has 0 radical (unpaired) electrons. The van der Waals surface area contributed by atoms with E-state index in [1.807, 2.05) is 13.2 Å². The highest BCUT2D eigenvalue weighted by Crippen LogP contribution is 2.19. The molecule has 0 bridgehead atoms. The molecular weight excluding hydrogens is 290 g/mol. The van der Waals surface area contributed by atoms with Gasteiger partial charge in [0.25, 0.3) is 11.6 Å². The van der Waals surface area contributed by atoms with Crippen molar-refractivity contribution in [3.63, 3.8) is 0 Å². The molecule has 0 aliphatic carbocycles. The number of hydrogen-bond acceptors (Lipinski definition) is 5. The Hall–Kier alpha value is -1.34. The van der Waals surface area contributed by atoms with Crippen molar-refractivity contribution in [3.8, 4) is 0 Å². The van der Waals surface area contributed by atoms with Crippen molar-refractivity contribution in [2.24, 2.45) is 0 Å². The first-order chi connectivity index (χ1) is 8.95. The van der Waals surface area contributed by atoms with E-state index in [2.05, 4.69) is 10.3 Å². The molecule has 0 aromatic carbocycles. The number of nitro groups is 1. The molecule has 6 nitrogen and oxygen atoms in total. The van der Waals surface area contributed by atoms with Gasteiger partial charge in [-0.1, -0.05) is 11.6 Å². The number of hydrogen-bond donors (Lipinski definition) is 1. The van der Waals surface area contributed by atoms with Crippen molar-refractivity contribution in [2.75, 3.05) is 12.0 Å². The maximum atomic E-state index is 11.9. The summed E-state index contributed by atoms with van der Waals surface area (Å²) in [5.74, 6) is 0.470. The van der Waals surface area contributed by atoms with Gasteiger partial charge in [-0.15, -0.1) is 0 Å². The molecule has 0 fully saturated rings. The Morgan fingerprint density at radius 1 is 1.68 bits per heavy atom. The van der Waals surface area contributed by atoms with Crippen LogP contribution in [0.2, 0.25) is 5.15 Å². The summed E-state index contributed by atoms with van der Waals surface area (Å²) >= 11 is 7.47. The van der Waals surface area contributed by atoms with Crippen LogP contribution in [0.15, 0.2) is 12.3 Å². The number of rotatable bonds is 6. The standard InChI is InChI=1S/C11H14ClN3O3S/c1-7(3-4-19-2)14-11(16)9-5-8(15(17)18)6-13-10(9)12/h5-7H,3-4H2,1-2H3,(H,14,16). The molecule has 19 heavy (non-hydrogen) atoms. The summed E-state index contributed by atoms with van der Waals surface area (Å²) < 4.78 is 0. The van der Waals surface area contributed by atoms with E-state index in [0.717, 1.165) is 24.4 Å². The second-order valence-electron chi connectivity index (χ2n) is 3.94. The normalized spacial score (nSPS) is 11.9. The minimum absolute atomic E-state index is 0.0202. The highest BCUT2D eigenvalue weighted by atomic mass is 35.5. The SMILES string of the molecule is CSCCC(C)NC(=O)c1cc([N+](=O)[O-])cnc1Cl. The first-order valence-corrected chi connectivity index (χ1v) is 7.32. The molecule has 8 heteroatoms. The van der Waals surface area contributed by atoms with Gasteiger partial charge < -0.3 is 5.32 Å². The number of thioether (sulfide) groups is 1. The number of aromatic nitrogens is 1. The maximum Gasteiger partial charge on any atom is 0.288 e. The fourth-order valence-corrected chi connectivity index (χ4v) is 2.14. The average Bonchev–Trinajstić information content (AvgIpc) is 2.36. The van der Waals surface area contributed by atoms with Gasteiger partial charge in [-0.25, -0.2) is 4.98 Å². The zero-order valence-corrected chi connectivity index (χ0v) is 12.1. The molecule has 1 aromatic rings. The van der Waals surface area contributed by atoms with Crippen LogP contribution in [0.4, 0.5) is 5.69 Å². The smallest absolute Gasteiger partial charge is 0.288 e. The molecule has 1 amide bonds. The first kappa shape index (κ1) is 15.7. The summed E-state index contributed by atoms with van der Waals surface area (Å²) in [5, 5.41) is 13.3. The summed E-state index contributed by atoms with van der Waals surface area (Å²) in [4.78, 5) is 25.6. The van der Waals surface area contributed by atoms with Gasteiger partial charge in [0, 0.05) is 12.1 Å². The maximum absolute atomic E-state index is 11.9. The quantitative estimate of drug-likeness (QED) is 0.496.